The fourth-order valence-corrected chi connectivity index (χ4v) is 10.5. The van der Waals surface area contributed by atoms with Gasteiger partial charge in [-0.1, -0.05) is 27.7 Å². The number of nitrogens with zero attached hydrogens (tertiary/aromatic N) is 9. The normalized spacial score (nSPS) is 22.3. The monoisotopic (exact) mass is 809 g/mol. The fourth-order valence-electron chi connectivity index (χ4n) is 10.5. The van der Waals surface area contributed by atoms with Gasteiger partial charge < -0.3 is 19.9 Å². The standard InChI is InChI=1S/C45H51N11O4/c1-44(2)41(45(3,4)42(44)60-35-9-7-29(24-46)38-32(35)6-5-17-47-38)52-40(58)30-8-10-36(49-25-30)54-21-12-28(13-22-54)27-53-19-14-31(15-20-53)56-34-11-18-48-39(33(34)26-50-56)55-23-16-37(57)51-43(55)59/h5-11,17-18,25-26,28,31,41-42H,12-16,19-23,27H2,1-4H3,(H,52,58)(H,51,57,59). The van der Waals surface area contributed by atoms with Crippen molar-refractivity contribution in [2.45, 2.75) is 78.0 Å². The maximum Gasteiger partial charge on any atom is 0.329 e. The minimum atomic E-state index is -0.443. The van der Waals surface area contributed by atoms with E-state index in [1.165, 1.54) is 4.90 Å². The highest BCUT2D eigenvalue weighted by atomic mass is 16.5. The molecule has 0 spiro atoms. The van der Waals surface area contributed by atoms with Crippen molar-refractivity contribution in [2.24, 2.45) is 16.7 Å². The third-order valence-corrected chi connectivity index (χ3v) is 13.4. The van der Waals surface area contributed by atoms with E-state index in [1.54, 1.807) is 30.9 Å². The number of pyridine rings is 3. The molecule has 9 rings (SSSR count). The summed E-state index contributed by atoms with van der Waals surface area (Å²) >= 11 is 0. The number of benzene rings is 1. The number of carbonyl (C=O) groups excluding carboxylic acids is 3. The minimum Gasteiger partial charge on any atom is -0.488 e. The molecule has 1 saturated carbocycles. The van der Waals surface area contributed by atoms with Gasteiger partial charge in [0.1, 0.15) is 29.6 Å². The molecule has 2 N–H and O–H groups in total. The summed E-state index contributed by atoms with van der Waals surface area (Å²) in [7, 11) is 0. The van der Waals surface area contributed by atoms with Crippen LogP contribution in [0.2, 0.25) is 0 Å². The maximum absolute atomic E-state index is 13.6. The Morgan fingerprint density at radius 2 is 1.68 bits per heavy atom. The zero-order valence-corrected chi connectivity index (χ0v) is 34.6. The van der Waals surface area contributed by atoms with E-state index in [1.807, 2.05) is 36.4 Å². The number of piperidine rings is 2. The Hall–Kier alpha value is -6.14. The van der Waals surface area contributed by atoms with E-state index in [4.69, 9.17) is 14.8 Å². The summed E-state index contributed by atoms with van der Waals surface area (Å²) in [6, 6.07) is 15.1. The quantitative estimate of drug-likeness (QED) is 0.183. The van der Waals surface area contributed by atoms with Gasteiger partial charge in [-0.05, 0) is 74.1 Å². The Bertz CT molecular complexity index is 2480. The van der Waals surface area contributed by atoms with Gasteiger partial charge in [-0.2, -0.15) is 10.4 Å². The van der Waals surface area contributed by atoms with Crippen molar-refractivity contribution in [3.63, 3.8) is 0 Å². The van der Waals surface area contributed by atoms with Gasteiger partial charge in [0.25, 0.3) is 5.91 Å². The molecule has 3 saturated heterocycles. The van der Waals surface area contributed by atoms with E-state index in [-0.39, 0.29) is 47.3 Å². The molecule has 0 radical (unpaired) electrons. The third-order valence-electron chi connectivity index (χ3n) is 13.4. The van der Waals surface area contributed by atoms with Crippen molar-refractivity contribution in [3.05, 3.63) is 78.4 Å². The molecule has 4 amide bonds. The lowest BCUT2D eigenvalue weighted by atomic mass is 9.49. The van der Waals surface area contributed by atoms with Crippen LogP contribution in [-0.2, 0) is 4.79 Å². The Labute approximate surface area is 349 Å². The number of nitriles is 1. The van der Waals surface area contributed by atoms with Crippen molar-refractivity contribution >= 4 is 51.3 Å². The van der Waals surface area contributed by atoms with E-state index in [2.05, 4.69) is 68.8 Å². The number of likely N-dealkylation sites (tertiary alicyclic amines) is 1. The lowest BCUT2D eigenvalue weighted by Gasteiger charge is -2.63. The number of rotatable bonds is 9. The van der Waals surface area contributed by atoms with Gasteiger partial charge in [-0.25, -0.2) is 14.8 Å². The van der Waals surface area contributed by atoms with Crippen LogP contribution < -0.4 is 25.2 Å². The number of hydrogen-bond acceptors (Lipinski definition) is 11. The number of urea groups is 1. The Kier molecular flexibility index (Phi) is 10.1. The second-order valence-electron chi connectivity index (χ2n) is 17.9. The Morgan fingerprint density at radius 3 is 2.40 bits per heavy atom. The fraction of sp³-hybridized carbons (Fsp3) is 0.467. The van der Waals surface area contributed by atoms with Gasteiger partial charge >= 0.3 is 6.03 Å². The molecule has 15 nitrogen and oxygen atoms in total. The number of ether oxygens (including phenoxy) is 1. The van der Waals surface area contributed by atoms with Gasteiger partial charge in [0, 0.05) is 86.5 Å². The zero-order valence-electron chi connectivity index (χ0n) is 34.6. The molecule has 0 unspecified atom stereocenters. The van der Waals surface area contributed by atoms with Crippen molar-refractivity contribution < 1.29 is 19.1 Å². The van der Waals surface area contributed by atoms with Crippen molar-refractivity contribution in [1.29, 1.82) is 5.26 Å². The second kappa shape index (κ2) is 15.5. The summed E-state index contributed by atoms with van der Waals surface area (Å²) in [6.07, 6.45) is 11.1. The first-order valence-corrected chi connectivity index (χ1v) is 21.0. The van der Waals surface area contributed by atoms with Crippen molar-refractivity contribution in [1.82, 2.24) is 40.3 Å². The maximum atomic E-state index is 13.6. The van der Waals surface area contributed by atoms with E-state index in [0.717, 1.165) is 80.5 Å². The number of hydrogen-bond donors (Lipinski definition) is 2. The summed E-state index contributed by atoms with van der Waals surface area (Å²) < 4.78 is 8.74. The molecule has 4 aliphatic rings. The molecule has 7 heterocycles. The van der Waals surface area contributed by atoms with Crippen LogP contribution in [0.15, 0.2) is 67.3 Å². The molecular formula is C45H51N11O4. The van der Waals surface area contributed by atoms with Gasteiger partial charge in [-0.3, -0.25) is 29.5 Å². The number of imide groups is 1. The van der Waals surface area contributed by atoms with Gasteiger partial charge in [0.2, 0.25) is 5.91 Å². The highest BCUT2D eigenvalue weighted by Gasteiger charge is 2.64. The van der Waals surface area contributed by atoms with Crippen LogP contribution in [0.1, 0.15) is 81.8 Å². The average Bonchev–Trinajstić information content (AvgIpc) is 3.70. The van der Waals surface area contributed by atoms with E-state index in [0.29, 0.717) is 40.7 Å². The number of nitrogens with one attached hydrogen (secondary N) is 2. The smallest absolute Gasteiger partial charge is 0.329 e. The van der Waals surface area contributed by atoms with Crippen LogP contribution in [0, 0.1) is 28.1 Å². The predicted octanol–water partition coefficient (Wildman–Crippen LogP) is 5.86. The van der Waals surface area contributed by atoms with Crippen LogP contribution in [-0.4, -0.2) is 98.9 Å². The van der Waals surface area contributed by atoms with Crippen LogP contribution in [0.4, 0.5) is 16.4 Å². The van der Waals surface area contributed by atoms with E-state index < -0.39 is 6.03 Å². The molecule has 0 bridgehead atoms. The molecule has 0 atom stereocenters. The molecule has 5 aromatic rings. The van der Waals surface area contributed by atoms with Crippen LogP contribution in [0.25, 0.3) is 21.8 Å². The van der Waals surface area contributed by atoms with E-state index >= 15 is 0 Å². The van der Waals surface area contributed by atoms with Gasteiger partial charge in [0.05, 0.1) is 39.8 Å². The predicted molar refractivity (Wildman–Crippen MR) is 227 cm³/mol. The van der Waals surface area contributed by atoms with Crippen LogP contribution >= 0.6 is 0 Å². The first-order valence-electron chi connectivity index (χ1n) is 21.0. The molecule has 15 heteroatoms. The summed E-state index contributed by atoms with van der Waals surface area (Å²) in [5.41, 5.74) is 1.88. The van der Waals surface area contributed by atoms with Crippen LogP contribution in [0.3, 0.4) is 0 Å². The Balaban J connectivity index is 0.751. The second-order valence-corrected chi connectivity index (χ2v) is 17.9. The first-order chi connectivity index (χ1) is 28.9. The van der Waals surface area contributed by atoms with Crippen molar-refractivity contribution in [3.8, 4) is 11.8 Å². The Morgan fingerprint density at radius 1 is 0.900 bits per heavy atom. The highest BCUT2D eigenvalue weighted by Crippen LogP contribution is 2.56. The largest absolute Gasteiger partial charge is 0.488 e. The molecule has 3 aliphatic heterocycles. The van der Waals surface area contributed by atoms with Crippen LogP contribution in [0.5, 0.6) is 5.75 Å². The summed E-state index contributed by atoms with van der Waals surface area (Å²) in [4.78, 5) is 57.9. The topological polar surface area (TPSA) is 174 Å². The molecule has 310 valence electrons. The zero-order chi connectivity index (χ0) is 41.8. The summed E-state index contributed by atoms with van der Waals surface area (Å²) in [5.74, 6) is 2.31. The van der Waals surface area contributed by atoms with Gasteiger partial charge in [0.15, 0.2) is 0 Å². The number of aromatic nitrogens is 5. The third kappa shape index (κ3) is 7.06. The van der Waals surface area contributed by atoms with Gasteiger partial charge in [-0.15, -0.1) is 0 Å². The molecule has 4 fully saturated rings. The summed E-state index contributed by atoms with van der Waals surface area (Å²) in [5, 5.41) is 21.6. The van der Waals surface area contributed by atoms with Crippen molar-refractivity contribution in [2.75, 3.05) is 49.1 Å². The summed E-state index contributed by atoms with van der Waals surface area (Å²) in [6.45, 7) is 13.7. The number of fused-ring (bicyclic) bond motifs is 2. The number of anilines is 2. The molecule has 60 heavy (non-hydrogen) atoms. The molecule has 1 aliphatic carbocycles. The lowest BCUT2D eigenvalue weighted by molar-refractivity contribution is -0.163. The average molecular weight is 810 g/mol. The minimum absolute atomic E-state index is 0.142. The lowest BCUT2D eigenvalue weighted by Crippen LogP contribution is -2.74. The number of carbonyl (C=O) groups is 3. The molecular weight excluding hydrogens is 759 g/mol. The first kappa shape index (κ1) is 39.3. The highest BCUT2D eigenvalue weighted by molar-refractivity contribution is 6.08. The van der Waals surface area contributed by atoms with E-state index in [9.17, 15) is 19.6 Å². The molecule has 4 aromatic heterocycles. The SMILES string of the molecule is CC1(C)C(NC(=O)c2ccc(N3CCC(CN4CCC(n5ncc6c(N7CCC(=O)NC7=O)nccc65)CC4)CC3)nc2)C(C)(C)C1Oc1ccc(C#N)c2ncccc12. The molecule has 1 aromatic carbocycles. The number of amides is 4.